The third-order valence-corrected chi connectivity index (χ3v) is 5.68. The van der Waals surface area contributed by atoms with E-state index in [0.717, 1.165) is 58.2 Å². The Bertz CT molecular complexity index is 605. The lowest BCUT2D eigenvalue weighted by atomic mass is 9.90. The molecule has 0 N–H and O–H groups in total. The molecule has 2 fully saturated rings. The molecular weight excluding hydrogens is 380 g/mol. The van der Waals surface area contributed by atoms with Gasteiger partial charge in [-0.25, -0.2) is 0 Å². The van der Waals surface area contributed by atoms with Crippen molar-refractivity contribution >= 4 is 5.91 Å². The van der Waals surface area contributed by atoms with Gasteiger partial charge >= 0.3 is 0 Å². The molecule has 0 spiro atoms. The minimum Gasteiger partial charge on any atom is -0.309 e. The molecule has 3 heteroatoms. The Morgan fingerprint density at radius 3 is 2.23 bits per heavy atom. The second-order valence-electron chi connectivity index (χ2n) is 7.52. The molecule has 0 aromatic rings. The zero-order valence-electron chi connectivity index (χ0n) is 21.8. The summed E-state index contributed by atoms with van der Waals surface area (Å²) in [5, 5.41) is 0. The number of nitrogens with zero attached hydrogens (tertiary/aromatic N) is 2. The number of hydrogen-bond acceptors (Lipinski definition) is 2. The second kappa shape index (κ2) is 18.0. The van der Waals surface area contributed by atoms with Crippen LogP contribution in [0.25, 0.3) is 0 Å². The highest BCUT2D eigenvalue weighted by atomic mass is 16.2. The fourth-order valence-electron chi connectivity index (χ4n) is 4.17. The van der Waals surface area contributed by atoms with Gasteiger partial charge in [0.25, 0.3) is 0 Å². The molecule has 0 radical (unpaired) electrons. The molecule has 0 aromatic heterocycles. The molecule has 0 bridgehead atoms. The van der Waals surface area contributed by atoms with Crippen LogP contribution in [0.2, 0.25) is 0 Å². The number of piperidine rings is 2. The third kappa shape index (κ3) is 9.60. The van der Waals surface area contributed by atoms with Crippen molar-refractivity contribution in [1.29, 1.82) is 0 Å². The maximum Gasteiger partial charge on any atom is 0.227 e. The predicted molar refractivity (Wildman–Crippen MR) is 138 cm³/mol. The number of allylic oxidation sites excluding steroid dienone is 6. The van der Waals surface area contributed by atoms with E-state index in [4.69, 9.17) is 0 Å². The smallest absolute Gasteiger partial charge is 0.227 e. The van der Waals surface area contributed by atoms with Gasteiger partial charge in [0.05, 0.1) is 0 Å². The molecule has 0 atom stereocenters. The Morgan fingerprint density at radius 2 is 1.61 bits per heavy atom. The van der Waals surface area contributed by atoms with Gasteiger partial charge in [-0.1, -0.05) is 77.5 Å². The third-order valence-electron chi connectivity index (χ3n) is 5.68. The Morgan fingerprint density at radius 1 is 1.00 bits per heavy atom. The van der Waals surface area contributed by atoms with Gasteiger partial charge in [0.15, 0.2) is 0 Å². The summed E-state index contributed by atoms with van der Waals surface area (Å²) < 4.78 is 0. The van der Waals surface area contributed by atoms with Crippen LogP contribution in [-0.2, 0) is 4.79 Å². The van der Waals surface area contributed by atoms with E-state index in [9.17, 15) is 4.79 Å². The molecule has 31 heavy (non-hydrogen) atoms. The van der Waals surface area contributed by atoms with E-state index in [1.807, 2.05) is 41.5 Å². The van der Waals surface area contributed by atoms with Gasteiger partial charge in [0.2, 0.25) is 5.91 Å². The highest BCUT2D eigenvalue weighted by Gasteiger charge is 2.34. The topological polar surface area (TPSA) is 23.6 Å². The molecule has 0 aromatic carbocycles. The summed E-state index contributed by atoms with van der Waals surface area (Å²) in [7, 11) is 0. The maximum absolute atomic E-state index is 12.6. The van der Waals surface area contributed by atoms with Crippen LogP contribution in [0.5, 0.6) is 0 Å². The molecule has 178 valence electrons. The summed E-state index contributed by atoms with van der Waals surface area (Å²) in [6.07, 6.45) is 18.3. The summed E-state index contributed by atoms with van der Waals surface area (Å²) in [6, 6.07) is 0.400. The first-order valence-corrected chi connectivity index (χ1v) is 12.9. The number of carbonyl (C=O) groups is 1. The van der Waals surface area contributed by atoms with E-state index < -0.39 is 0 Å². The first kappa shape index (κ1) is 29.4. The van der Waals surface area contributed by atoms with Crippen molar-refractivity contribution < 1.29 is 4.79 Å². The molecule has 1 amide bonds. The SMILES string of the molecule is C/C=C\C=C(/C)CCN1CCC(N2C(=O)CCC3=CCCC=C32)CC1.CC.CC.CC. The second-order valence-corrected chi connectivity index (χ2v) is 7.52. The first-order chi connectivity index (χ1) is 15.2. The van der Waals surface area contributed by atoms with Gasteiger partial charge < -0.3 is 9.80 Å². The Balaban J connectivity index is 0.00000138. The van der Waals surface area contributed by atoms with Crippen LogP contribution in [0.4, 0.5) is 0 Å². The summed E-state index contributed by atoms with van der Waals surface area (Å²) in [5.74, 6) is 0.342. The summed E-state index contributed by atoms with van der Waals surface area (Å²) in [6.45, 7) is 19.6. The number of likely N-dealkylation sites (tertiary alicyclic amines) is 2. The highest BCUT2D eigenvalue weighted by molar-refractivity contribution is 5.82. The number of hydrogen-bond donors (Lipinski definition) is 0. The molecule has 3 nitrogen and oxygen atoms in total. The van der Waals surface area contributed by atoms with Crippen LogP contribution < -0.4 is 0 Å². The molecule has 1 aliphatic carbocycles. The van der Waals surface area contributed by atoms with Crippen LogP contribution in [0, 0.1) is 0 Å². The van der Waals surface area contributed by atoms with Crippen LogP contribution in [0.3, 0.4) is 0 Å². The summed E-state index contributed by atoms with van der Waals surface area (Å²) in [5.41, 5.74) is 4.10. The van der Waals surface area contributed by atoms with Crippen LogP contribution >= 0.6 is 0 Å². The molecule has 3 rings (SSSR count). The normalized spacial score (nSPS) is 19.7. The average molecular weight is 431 g/mol. The van der Waals surface area contributed by atoms with E-state index in [0.29, 0.717) is 18.4 Å². The van der Waals surface area contributed by atoms with E-state index in [-0.39, 0.29) is 0 Å². The van der Waals surface area contributed by atoms with Crippen LogP contribution in [0.15, 0.2) is 47.2 Å². The Labute approximate surface area is 194 Å². The molecule has 3 aliphatic rings. The standard InChI is InChI=1S/C22H32N2O.3C2H6/c1-3-4-7-18(2)12-15-23-16-13-20(14-17-23)24-21-9-6-5-8-19(21)10-11-22(24)25;3*1-2/h3-4,7-9,20H,5-6,10-17H2,1-2H3;3*1-2H3/b4-3-,18-7+;;;. The highest BCUT2D eigenvalue weighted by Crippen LogP contribution is 2.35. The molecule has 0 saturated carbocycles. The van der Waals surface area contributed by atoms with E-state index in [1.54, 1.807) is 0 Å². The van der Waals surface area contributed by atoms with Crippen molar-refractivity contribution in [2.45, 2.75) is 106 Å². The van der Waals surface area contributed by atoms with Crippen molar-refractivity contribution in [2.75, 3.05) is 19.6 Å². The van der Waals surface area contributed by atoms with Crippen molar-refractivity contribution in [2.24, 2.45) is 0 Å². The number of amides is 1. The van der Waals surface area contributed by atoms with E-state index in [2.05, 4.69) is 54.0 Å². The summed E-state index contributed by atoms with van der Waals surface area (Å²) in [4.78, 5) is 17.3. The molecule has 0 unspecified atom stereocenters. The van der Waals surface area contributed by atoms with Crippen molar-refractivity contribution in [1.82, 2.24) is 9.80 Å². The molecular formula is C28H50N2O. The average Bonchev–Trinajstić information content (AvgIpc) is 2.85. The minimum absolute atomic E-state index is 0.342. The fraction of sp³-hybridized carbons (Fsp3) is 0.679. The van der Waals surface area contributed by atoms with Gasteiger partial charge in [0.1, 0.15) is 0 Å². The van der Waals surface area contributed by atoms with Crippen LogP contribution in [-0.4, -0.2) is 41.4 Å². The fourth-order valence-corrected chi connectivity index (χ4v) is 4.17. The number of carbonyl (C=O) groups excluding carboxylic acids is 1. The van der Waals surface area contributed by atoms with Gasteiger partial charge in [-0.3, -0.25) is 4.79 Å². The van der Waals surface area contributed by atoms with Crippen molar-refractivity contribution in [3.63, 3.8) is 0 Å². The van der Waals surface area contributed by atoms with Crippen LogP contribution in [0.1, 0.15) is 100 Å². The Hall–Kier alpha value is -1.61. The maximum atomic E-state index is 12.6. The number of fused-ring (bicyclic) bond motifs is 1. The van der Waals surface area contributed by atoms with Gasteiger partial charge in [0, 0.05) is 37.8 Å². The lowest BCUT2D eigenvalue weighted by molar-refractivity contribution is -0.133. The quantitative estimate of drug-likeness (QED) is 0.418. The zero-order valence-corrected chi connectivity index (χ0v) is 21.8. The first-order valence-electron chi connectivity index (χ1n) is 12.9. The van der Waals surface area contributed by atoms with E-state index in [1.165, 1.54) is 16.8 Å². The number of rotatable bonds is 5. The van der Waals surface area contributed by atoms with Gasteiger partial charge in [-0.05, 0) is 57.9 Å². The molecule has 2 saturated heterocycles. The molecule has 2 aliphatic heterocycles. The van der Waals surface area contributed by atoms with Gasteiger partial charge in [-0.15, -0.1) is 0 Å². The molecule has 2 heterocycles. The minimum atomic E-state index is 0.342. The lowest BCUT2D eigenvalue weighted by Crippen LogP contribution is -2.48. The van der Waals surface area contributed by atoms with Gasteiger partial charge in [-0.2, -0.15) is 0 Å². The van der Waals surface area contributed by atoms with Crippen molar-refractivity contribution in [3.05, 3.63) is 47.2 Å². The summed E-state index contributed by atoms with van der Waals surface area (Å²) >= 11 is 0. The Kier molecular flexibility index (Phi) is 17.1. The predicted octanol–water partition coefficient (Wildman–Crippen LogP) is 7.67. The zero-order chi connectivity index (χ0) is 23.6. The van der Waals surface area contributed by atoms with Crippen molar-refractivity contribution in [3.8, 4) is 0 Å². The van der Waals surface area contributed by atoms with E-state index >= 15 is 0 Å². The monoisotopic (exact) mass is 430 g/mol. The lowest BCUT2D eigenvalue weighted by Gasteiger charge is -2.43. The largest absolute Gasteiger partial charge is 0.309 e.